The van der Waals surface area contributed by atoms with Crippen LogP contribution in [0.5, 0.6) is 0 Å². The molecule has 0 fully saturated rings. The van der Waals surface area contributed by atoms with Crippen molar-refractivity contribution in [1.29, 1.82) is 0 Å². The Balaban J connectivity index is 4.05. The van der Waals surface area contributed by atoms with Crippen LogP contribution in [0.25, 0.3) is 0 Å². The second kappa shape index (κ2) is 4.43. The second-order valence-electron chi connectivity index (χ2n) is 5.15. The summed E-state index contributed by atoms with van der Waals surface area (Å²) in [5.41, 5.74) is -0.340. The van der Waals surface area contributed by atoms with Crippen LogP contribution in [0.4, 0.5) is 0 Å². The maximum absolute atomic E-state index is 5.66. The van der Waals surface area contributed by atoms with Crippen molar-refractivity contribution in [3.63, 3.8) is 0 Å². The Bertz CT molecular complexity index is 123. The van der Waals surface area contributed by atoms with Crippen LogP contribution in [0, 0.1) is 6.29 Å². The zero-order valence-corrected chi connectivity index (χ0v) is 10.0. The smallest absolute Gasteiger partial charge is 0.224 e. The van der Waals surface area contributed by atoms with Crippen LogP contribution < -0.4 is 0 Å². The molecule has 79 valence electrons. The Hall–Kier alpha value is -0.0800. The summed E-state index contributed by atoms with van der Waals surface area (Å²) < 4.78 is 11.3. The van der Waals surface area contributed by atoms with Gasteiger partial charge in [-0.3, -0.25) is 0 Å². The van der Waals surface area contributed by atoms with Crippen molar-refractivity contribution in [3.8, 4) is 0 Å². The average Bonchev–Trinajstić information content (AvgIpc) is 1.79. The van der Waals surface area contributed by atoms with Gasteiger partial charge in [-0.2, -0.15) is 0 Å². The second-order valence-corrected chi connectivity index (χ2v) is 5.15. The molecule has 0 bridgehead atoms. The molecule has 2 nitrogen and oxygen atoms in total. The van der Waals surface area contributed by atoms with Gasteiger partial charge < -0.3 is 9.47 Å². The first-order valence-corrected chi connectivity index (χ1v) is 4.88. The normalized spacial score (nSPS) is 13.8. The lowest BCUT2D eigenvalue weighted by molar-refractivity contribution is -0.156. The lowest BCUT2D eigenvalue weighted by Gasteiger charge is -2.30. The molecule has 0 heterocycles. The molecule has 0 aliphatic rings. The molecule has 0 aromatic rings. The summed E-state index contributed by atoms with van der Waals surface area (Å²) in [6.07, 6.45) is 1.52. The minimum atomic E-state index is -0.170. The third-order valence-corrected chi connectivity index (χ3v) is 1.13. The number of hydrogen-bond donors (Lipinski definition) is 0. The van der Waals surface area contributed by atoms with Crippen LogP contribution in [0.15, 0.2) is 0 Å². The first-order valence-electron chi connectivity index (χ1n) is 4.88. The monoisotopic (exact) mass is 187 g/mol. The van der Waals surface area contributed by atoms with Crippen molar-refractivity contribution in [2.45, 2.75) is 66.1 Å². The zero-order valence-electron chi connectivity index (χ0n) is 10.0. The van der Waals surface area contributed by atoms with Gasteiger partial charge in [0.15, 0.2) is 0 Å². The molecule has 2 heteroatoms. The minimum Gasteiger partial charge on any atom is -0.340 e. The van der Waals surface area contributed by atoms with Gasteiger partial charge >= 0.3 is 0 Å². The van der Waals surface area contributed by atoms with E-state index in [0.717, 1.165) is 12.7 Å². The predicted octanol–water partition coefficient (Wildman–Crippen LogP) is 3.52. The Morgan fingerprint density at radius 2 is 1.15 bits per heavy atom. The molecule has 13 heavy (non-hydrogen) atoms. The molecular weight excluding hydrogens is 164 g/mol. The Labute approximate surface area is 82.6 Å². The molecule has 0 saturated heterocycles. The van der Waals surface area contributed by atoms with Gasteiger partial charge in [0.25, 0.3) is 0 Å². The molecule has 0 amide bonds. The van der Waals surface area contributed by atoms with Gasteiger partial charge in [0.05, 0.1) is 11.2 Å². The summed E-state index contributed by atoms with van der Waals surface area (Å²) >= 11 is 0. The Morgan fingerprint density at radius 3 is 1.31 bits per heavy atom. The highest BCUT2D eigenvalue weighted by molar-refractivity contribution is 4.74. The van der Waals surface area contributed by atoms with Gasteiger partial charge in [-0.25, -0.2) is 0 Å². The van der Waals surface area contributed by atoms with Crippen LogP contribution >= 0.6 is 0 Å². The average molecular weight is 187 g/mol. The molecule has 0 spiro atoms. The fraction of sp³-hybridized carbons (Fsp3) is 0.909. The van der Waals surface area contributed by atoms with Gasteiger partial charge in [-0.1, -0.05) is 6.92 Å². The van der Waals surface area contributed by atoms with Gasteiger partial charge in [0.2, 0.25) is 6.29 Å². The molecule has 1 radical (unpaired) electrons. The summed E-state index contributed by atoms with van der Waals surface area (Å²) in [5, 5.41) is 0. The van der Waals surface area contributed by atoms with E-state index in [4.69, 9.17) is 9.47 Å². The van der Waals surface area contributed by atoms with Crippen LogP contribution in [0.1, 0.15) is 54.9 Å². The molecular formula is C11H23O2. The van der Waals surface area contributed by atoms with Gasteiger partial charge in [0.1, 0.15) is 0 Å². The quantitative estimate of drug-likeness (QED) is 0.673. The van der Waals surface area contributed by atoms with Gasteiger partial charge in [0, 0.05) is 6.42 Å². The summed E-state index contributed by atoms with van der Waals surface area (Å²) in [6.45, 7) is 14.2. The molecule has 0 aromatic carbocycles. The van der Waals surface area contributed by atoms with Crippen molar-refractivity contribution in [2.24, 2.45) is 0 Å². The highest BCUT2D eigenvalue weighted by Gasteiger charge is 2.24. The van der Waals surface area contributed by atoms with Crippen molar-refractivity contribution in [3.05, 3.63) is 6.29 Å². The van der Waals surface area contributed by atoms with E-state index in [1.165, 1.54) is 0 Å². The summed E-state index contributed by atoms with van der Waals surface area (Å²) in [4.78, 5) is 0. The molecule has 0 saturated carbocycles. The van der Waals surface area contributed by atoms with Crippen LogP contribution in [-0.4, -0.2) is 11.2 Å². The molecule has 0 aliphatic heterocycles. The van der Waals surface area contributed by atoms with Gasteiger partial charge in [-0.05, 0) is 41.5 Å². The first kappa shape index (κ1) is 12.9. The topological polar surface area (TPSA) is 18.5 Å². The number of rotatable bonds is 3. The number of hydrogen-bond acceptors (Lipinski definition) is 2. The molecule has 0 aromatic heterocycles. The summed E-state index contributed by atoms with van der Waals surface area (Å²) in [5.74, 6) is 0. The van der Waals surface area contributed by atoms with Gasteiger partial charge in [-0.15, -0.1) is 0 Å². The maximum Gasteiger partial charge on any atom is 0.224 e. The highest BCUT2D eigenvalue weighted by atomic mass is 16.7. The SMILES string of the molecule is CC[C](OC(C)(C)C)OC(C)(C)C. The van der Waals surface area contributed by atoms with E-state index in [-0.39, 0.29) is 11.2 Å². The molecule has 0 N–H and O–H groups in total. The van der Waals surface area contributed by atoms with E-state index in [2.05, 4.69) is 0 Å². The van der Waals surface area contributed by atoms with Crippen molar-refractivity contribution >= 4 is 0 Å². The van der Waals surface area contributed by atoms with Crippen molar-refractivity contribution in [2.75, 3.05) is 0 Å². The van der Waals surface area contributed by atoms with Crippen LogP contribution in [-0.2, 0) is 9.47 Å². The van der Waals surface area contributed by atoms with Crippen LogP contribution in [0.3, 0.4) is 0 Å². The van der Waals surface area contributed by atoms with Crippen LogP contribution in [0.2, 0.25) is 0 Å². The van der Waals surface area contributed by atoms with E-state index in [1.54, 1.807) is 0 Å². The maximum atomic E-state index is 5.66. The van der Waals surface area contributed by atoms with E-state index in [1.807, 2.05) is 48.5 Å². The largest absolute Gasteiger partial charge is 0.340 e. The minimum absolute atomic E-state index is 0.170. The molecule has 0 aliphatic carbocycles. The van der Waals surface area contributed by atoms with Crippen molar-refractivity contribution < 1.29 is 9.47 Å². The fourth-order valence-electron chi connectivity index (χ4n) is 0.848. The first-order chi connectivity index (χ1) is 5.64. The fourth-order valence-corrected chi connectivity index (χ4v) is 0.848. The predicted molar refractivity (Wildman–Crippen MR) is 55.2 cm³/mol. The third kappa shape index (κ3) is 8.26. The zero-order chi connectivity index (χ0) is 10.7. The van der Waals surface area contributed by atoms with E-state index in [0.29, 0.717) is 0 Å². The van der Waals surface area contributed by atoms with E-state index >= 15 is 0 Å². The molecule has 0 rings (SSSR count). The molecule has 0 atom stereocenters. The standard InChI is InChI=1S/C11H23O2/c1-8-9(12-10(2,3)4)13-11(5,6)7/h8H2,1-7H3. The summed E-state index contributed by atoms with van der Waals surface area (Å²) in [6, 6.07) is 0. The molecule has 0 unspecified atom stereocenters. The third-order valence-electron chi connectivity index (χ3n) is 1.13. The Morgan fingerprint density at radius 1 is 0.846 bits per heavy atom. The lowest BCUT2D eigenvalue weighted by Crippen LogP contribution is -2.29. The number of ether oxygens (including phenoxy) is 2. The van der Waals surface area contributed by atoms with Crippen molar-refractivity contribution in [1.82, 2.24) is 0 Å². The Kier molecular flexibility index (Phi) is 4.40. The van der Waals surface area contributed by atoms with E-state index < -0.39 is 0 Å². The van der Waals surface area contributed by atoms with E-state index in [9.17, 15) is 0 Å². The lowest BCUT2D eigenvalue weighted by atomic mass is 10.2. The summed E-state index contributed by atoms with van der Waals surface area (Å²) in [7, 11) is 0. The highest BCUT2D eigenvalue weighted by Crippen LogP contribution is 2.24.